The van der Waals surface area contributed by atoms with E-state index in [1.165, 1.54) is 24.1 Å². The van der Waals surface area contributed by atoms with Crippen molar-refractivity contribution in [3.05, 3.63) is 29.8 Å². The average molecular weight is 248 g/mol. The molecule has 0 aromatic heterocycles. The van der Waals surface area contributed by atoms with Gasteiger partial charge in [-0.15, -0.1) is 0 Å². The third-order valence-corrected chi connectivity index (χ3v) is 3.47. The van der Waals surface area contributed by atoms with E-state index in [1.807, 2.05) is 0 Å². The molecule has 1 saturated heterocycles. The Morgan fingerprint density at radius 1 is 1.39 bits per heavy atom. The third kappa shape index (κ3) is 3.47. The van der Waals surface area contributed by atoms with Gasteiger partial charge >= 0.3 is 0 Å². The fourth-order valence-electron chi connectivity index (χ4n) is 2.48. The molecule has 0 saturated carbocycles. The Morgan fingerprint density at radius 3 is 2.94 bits per heavy atom. The molecule has 1 aromatic carbocycles. The largest absolute Gasteiger partial charge is 0.376 e. The second-order valence-corrected chi connectivity index (χ2v) is 4.92. The van der Waals surface area contributed by atoms with E-state index in [2.05, 4.69) is 48.5 Å². The number of nitrogens with one attached hydrogen (secondary N) is 1. The monoisotopic (exact) mass is 248 g/mol. The highest BCUT2D eigenvalue weighted by molar-refractivity contribution is 5.53. The quantitative estimate of drug-likeness (QED) is 0.836. The summed E-state index contributed by atoms with van der Waals surface area (Å²) in [6, 6.07) is 8.61. The summed E-state index contributed by atoms with van der Waals surface area (Å²) in [6.45, 7) is 5.99. The highest BCUT2D eigenvalue weighted by atomic mass is 16.5. The average Bonchev–Trinajstić information content (AvgIpc) is 2.89. The van der Waals surface area contributed by atoms with Crippen molar-refractivity contribution in [3.8, 4) is 0 Å². The maximum Gasteiger partial charge on any atom is 0.0750 e. The molecule has 0 bridgehead atoms. The van der Waals surface area contributed by atoms with Gasteiger partial charge in [0.2, 0.25) is 0 Å². The smallest absolute Gasteiger partial charge is 0.0750 e. The maximum absolute atomic E-state index is 5.71. The minimum Gasteiger partial charge on any atom is -0.376 e. The third-order valence-electron chi connectivity index (χ3n) is 3.47. The standard InChI is InChI=1S/C15H24N2O/c1-3-16-11-13-7-4-5-9-15(13)17(2)12-14-8-6-10-18-14/h4-5,7,9,14,16H,3,6,8,10-12H2,1-2H3. The summed E-state index contributed by atoms with van der Waals surface area (Å²) in [7, 11) is 2.16. The Labute approximate surface area is 110 Å². The van der Waals surface area contributed by atoms with Crippen LogP contribution in [0.5, 0.6) is 0 Å². The lowest BCUT2D eigenvalue weighted by atomic mass is 10.1. The SMILES string of the molecule is CCNCc1ccccc1N(C)CC1CCCO1. The first-order valence-electron chi connectivity index (χ1n) is 6.92. The van der Waals surface area contributed by atoms with Crippen LogP contribution in [0, 0.1) is 0 Å². The predicted octanol–water partition coefficient (Wildman–Crippen LogP) is 2.41. The number of hydrogen-bond acceptors (Lipinski definition) is 3. The van der Waals surface area contributed by atoms with Crippen molar-refractivity contribution < 1.29 is 4.74 Å². The number of rotatable bonds is 6. The number of para-hydroxylation sites is 1. The highest BCUT2D eigenvalue weighted by Gasteiger charge is 2.18. The summed E-state index contributed by atoms with van der Waals surface area (Å²) >= 11 is 0. The summed E-state index contributed by atoms with van der Waals surface area (Å²) in [6.07, 6.45) is 2.80. The molecule has 0 radical (unpaired) electrons. The summed E-state index contributed by atoms with van der Waals surface area (Å²) in [5.41, 5.74) is 2.67. The molecule has 0 spiro atoms. The van der Waals surface area contributed by atoms with Crippen LogP contribution in [0.4, 0.5) is 5.69 Å². The molecule has 3 heteroatoms. The van der Waals surface area contributed by atoms with E-state index in [-0.39, 0.29) is 0 Å². The molecule has 100 valence electrons. The maximum atomic E-state index is 5.71. The Kier molecular flexibility index (Phi) is 5.02. The molecular formula is C15H24N2O. The first-order valence-corrected chi connectivity index (χ1v) is 6.92. The molecule has 0 aliphatic carbocycles. The number of nitrogens with zero attached hydrogens (tertiary/aromatic N) is 1. The van der Waals surface area contributed by atoms with E-state index < -0.39 is 0 Å². The zero-order chi connectivity index (χ0) is 12.8. The second-order valence-electron chi connectivity index (χ2n) is 4.92. The van der Waals surface area contributed by atoms with Crippen molar-refractivity contribution in [1.82, 2.24) is 5.32 Å². The minimum atomic E-state index is 0.405. The van der Waals surface area contributed by atoms with Crippen LogP contribution in [0.1, 0.15) is 25.3 Å². The predicted molar refractivity (Wildman–Crippen MR) is 76.1 cm³/mol. The van der Waals surface area contributed by atoms with Crippen LogP contribution in [0.15, 0.2) is 24.3 Å². The van der Waals surface area contributed by atoms with Crippen LogP contribution >= 0.6 is 0 Å². The van der Waals surface area contributed by atoms with E-state index in [4.69, 9.17) is 4.74 Å². The van der Waals surface area contributed by atoms with E-state index in [0.717, 1.165) is 26.2 Å². The molecule has 1 unspecified atom stereocenters. The van der Waals surface area contributed by atoms with Gasteiger partial charge in [-0.05, 0) is 31.0 Å². The van der Waals surface area contributed by atoms with Crippen molar-refractivity contribution >= 4 is 5.69 Å². The molecule has 1 heterocycles. The van der Waals surface area contributed by atoms with E-state index in [1.54, 1.807) is 0 Å². The molecule has 1 N–H and O–H groups in total. The normalized spacial score (nSPS) is 19.1. The van der Waals surface area contributed by atoms with Crippen LogP contribution in [0.2, 0.25) is 0 Å². The molecule has 2 rings (SSSR count). The summed E-state index contributed by atoms with van der Waals surface area (Å²) in [5, 5.41) is 3.40. The number of likely N-dealkylation sites (N-methyl/N-ethyl adjacent to an activating group) is 1. The van der Waals surface area contributed by atoms with Crippen molar-refractivity contribution in [2.45, 2.75) is 32.4 Å². The Balaban J connectivity index is 2.00. The van der Waals surface area contributed by atoms with Gasteiger partial charge in [-0.1, -0.05) is 25.1 Å². The Bertz CT molecular complexity index is 361. The van der Waals surface area contributed by atoms with Crippen LogP contribution < -0.4 is 10.2 Å². The first-order chi connectivity index (χ1) is 8.81. The van der Waals surface area contributed by atoms with E-state index in [0.29, 0.717) is 6.10 Å². The van der Waals surface area contributed by atoms with Crippen molar-refractivity contribution in [1.29, 1.82) is 0 Å². The number of hydrogen-bond donors (Lipinski definition) is 1. The molecule has 1 aliphatic rings. The van der Waals surface area contributed by atoms with Gasteiger partial charge in [-0.2, -0.15) is 0 Å². The fraction of sp³-hybridized carbons (Fsp3) is 0.600. The van der Waals surface area contributed by atoms with Crippen molar-refractivity contribution in [2.24, 2.45) is 0 Å². The van der Waals surface area contributed by atoms with Gasteiger partial charge in [-0.3, -0.25) is 0 Å². The van der Waals surface area contributed by atoms with Gasteiger partial charge in [0.1, 0.15) is 0 Å². The topological polar surface area (TPSA) is 24.5 Å². The summed E-state index contributed by atoms with van der Waals surface area (Å²) in [5.74, 6) is 0. The van der Waals surface area contributed by atoms with Crippen LogP contribution in [0.25, 0.3) is 0 Å². The van der Waals surface area contributed by atoms with Crippen LogP contribution in [-0.2, 0) is 11.3 Å². The molecule has 1 fully saturated rings. The van der Waals surface area contributed by atoms with Crippen molar-refractivity contribution in [3.63, 3.8) is 0 Å². The van der Waals surface area contributed by atoms with Gasteiger partial charge < -0.3 is 15.0 Å². The van der Waals surface area contributed by atoms with Gasteiger partial charge in [0.15, 0.2) is 0 Å². The fourth-order valence-corrected chi connectivity index (χ4v) is 2.48. The zero-order valence-electron chi connectivity index (χ0n) is 11.5. The van der Waals surface area contributed by atoms with Gasteiger partial charge in [0.05, 0.1) is 6.10 Å². The second kappa shape index (κ2) is 6.76. The number of anilines is 1. The molecular weight excluding hydrogens is 224 g/mol. The lowest BCUT2D eigenvalue weighted by Gasteiger charge is -2.25. The summed E-state index contributed by atoms with van der Waals surface area (Å²) in [4.78, 5) is 2.32. The lowest BCUT2D eigenvalue weighted by Crippen LogP contribution is -2.29. The first kappa shape index (κ1) is 13.4. The number of benzene rings is 1. The summed E-state index contributed by atoms with van der Waals surface area (Å²) < 4.78 is 5.71. The molecule has 18 heavy (non-hydrogen) atoms. The lowest BCUT2D eigenvalue weighted by molar-refractivity contribution is 0.116. The molecule has 1 atom stereocenters. The van der Waals surface area contributed by atoms with Crippen LogP contribution in [-0.4, -0.2) is 32.8 Å². The Morgan fingerprint density at radius 2 is 2.22 bits per heavy atom. The van der Waals surface area contributed by atoms with Gasteiger partial charge in [0.25, 0.3) is 0 Å². The molecule has 1 aliphatic heterocycles. The number of ether oxygens (including phenoxy) is 1. The van der Waals surface area contributed by atoms with Gasteiger partial charge in [-0.25, -0.2) is 0 Å². The zero-order valence-corrected chi connectivity index (χ0v) is 11.5. The van der Waals surface area contributed by atoms with Crippen molar-refractivity contribution in [2.75, 3.05) is 31.6 Å². The Hall–Kier alpha value is -1.06. The minimum absolute atomic E-state index is 0.405. The van der Waals surface area contributed by atoms with Crippen LogP contribution in [0.3, 0.4) is 0 Å². The van der Waals surface area contributed by atoms with Gasteiger partial charge in [0, 0.05) is 32.4 Å². The molecule has 3 nitrogen and oxygen atoms in total. The highest BCUT2D eigenvalue weighted by Crippen LogP contribution is 2.21. The molecule has 0 amide bonds. The van der Waals surface area contributed by atoms with E-state index in [9.17, 15) is 0 Å². The van der Waals surface area contributed by atoms with E-state index >= 15 is 0 Å². The molecule has 1 aromatic rings.